The minimum absolute atomic E-state index is 0.314. The largest absolute Gasteiger partial charge is 0.419 e. The summed E-state index contributed by atoms with van der Waals surface area (Å²) in [6.45, 7) is 3.59. The van der Waals surface area contributed by atoms with Crippen LogP contribution in [0.25, 0.3) is 0 Å². The van der Waals surface area contributed by atoms with Crippen molar-refractivity contribution in [2.45, 2.75) is 12.7 Å². The first-order valence-electron chi connectivity index (χ1n) is 5.01. The molecule has 1 aliphatic rings. The van der Waals surface area contributed by atoms with Gasteiger partial charge in [-0.05, 0) is 11.5 Å². The van der Waals surface area contributed by atoms with Crippen molar-refractivity contribution in [2.75, 3.05) is 26.2 Å². The second-order valence-corrected chi connectivity index (χ2v) is 4.57. The summed E-state index contributed by atoms with van der Waals surface area (Å²) in [6.07, 6.45) is -3.36. The van der Waals surface area contributed by atoms with Crippen LogP contribution in [0.5, 0.6) is 0 Å². The minimum atomic E-state index is -4.28. The van der Waals surface area contributed by atoms with Crippen molar-refractivity contribution >= 4 is 11.5 Å². The summed E-state index contributed by atoms with van der Waals surface area (Å²) in [5.74, 6) is 0. The Morgan fingerprint density at radius 1 is 1.38 bits per heavy atom. The van der Waals surface area contributed by atoms with Gasteiger partial charge < -0.3 is 5.32 Å². The molecule has 0 bridgehead atoms. The van der Waals surface area contributed by atoms with Gasteiger partial charge in [-0.15, -0.1) is 0 Å². The van der Waals surface area contributed by atoms with E-state index in [9.17, 15) is 13.2 Å². The number of hydrogen-bond donors (Lipinski definition) is 1. The second-order valence-electron chi connectivity index (χ2n) is 3.69. The number of hydrogen-bond acceptors (Lipinski definition) is 4. The first kappa shape index (κ1) is 11.8. The Bertz CT molecular complexity index is 344. The normalized spacial score (nSPS) is 18.9. The third kappa shape index (κ3) is 2.72. The van der Waals surface area contributed by atoms with Crippen LogP contribution < -0.4 is 5.32 Å². The smallest absolute Gasteiger partial charge is 0.314 e. The van der Waals surface area contributed by atoms with E-state index >= 15 is 0 Å². The molecule has 0 amide bonds. The lowest BCUT2D eigenvalue weighted by Gasteiger charge is -2.26. The summed E-state index contributed by atoms with van der Waals surface area (Å²) in [4.78, 5) is 2.33. The fraction of sp³-hybridized carbons (Fsp3) is 0.667. The number of rotatable bonds is 2. The van der Waals surface area contributed by atoms with Gasteiger partial charge in [-0.2, -0.15) is 13.2 Å². The predicted molar refractivity (Wildman–Crippen MR) is 55.3 cm³/mol. The molecule has 1 aromatic rings. The molecular weight excluding hydrogens is 239 g/mol. The maximum atomic E-state index is 12.6. The van der Waals surface area contributed by atoms with E-state index in [-0.39, 0.29) is 0 Å². The molecule has 1 aliphatic heterocycles. The summed E-state index contributed by atoms with van der Waals surface area (Å²) in [5, 5.41) is 3.16. The molecule has 1 N–H and O–H groups in total. The van der Waals surface area contributed by atoms with Gasteiger partial charge >= 0.3 is 6.18 Å². The Balaban J connectivity index is 2.06. The van der Waals surface area contributed by atoms with E-state index in [0.29, 0.717) is 11.4 Å². The van der Waals surface area contributed by atoms with E-state index < -0.39 is 11.7 Å². The summed E-state index contributed by atoms with van der Waals surface area (Å²) in [7, 11) is 0. The molecule has 1 fully saturated rings. The van der Waals surface area contributed by atoms with Gasteiger partial charge in [0.15, 0.2) is 0 Å². The minimum Gasteiger partial charge on any atom is -0.314 e. The molecule has 0 aliphatic carbocycles. The van der Waals surface area contributed by atoms with Crippen LogP contribution in [0.15, 0.2) is 6.20 Å². The number of piperazine rings is 1. The first-order valence-corrected chi connectivity index (χ1v) is 5.78. The Morgan fingerprint density at radius 3 is 2.69 bits per heavy atom. The van der Waals surface area contributed by atoms with Crippen LogP contribution in [0.4, 0.5) is 13.2 Å². The van der Waals surface area contributed by atoms with Gasteiger partial charge in [0.05, 0.1) is 16.6 Å². The Labute approximate surface area is 95.4 Å². The van der Waals surface area contributed by atoms with E-state index in [1.54, 1.807) is 0 Å². The molecule has 0 radical (unpaired) electrons. The zero-order chi connectivity index (χ0) is 11.6. The molecule has 0 aromatic carbocycles. The SMILES string of the molecule is FC(F)(F)c1cnsc1CN1CCNCC1. The molecule has 1 saturated heterocycles. The van der Waals surface area contributed by atoms with Crippen molar-refractivity contribution in [1.82, 2.24) is 14.6 Å². The molecule has 16 heavy (non-hydrogen) atoms. The summed E-state index contributed by atoms with van der Waals surface area (Å²) >= 11 is 0.938. The lowest BCUT2D eigenvalue weighted by Crippen LogP contribution is -2.42. The van der Waals surface area contributed by atoms with Gasteiger partial charge in [0.2, 0.25) is 0 Å². The molecule has 2 rings (SSSR count). The van der Waals surface area contributed by atoms with Crippen LogP contribution in [0.2, 0.25) is 0 Å². The number of nitrogens with one attached hydrogen (secondary N) is 1. The fourth-order valence-electron chi connectivity index (χ4n) is 1.68. The highest BCUT2D eigenvalue weighted by Crippen LogP contribution is 2.34. The zero-order valence-corrected chi connectivity index (χ0v) is 9.37. The van der Waals surface area contributed by atoms with Crippen LogP contribution in [0.1, 0.15) is 10.4 Å². The third-order valence-corrected chi connectivity index (χ3v) is 3.31. The van der Waals surface area contributed by atoms with E-state index in [4.69, 9.17) is 0 Å². The number of halogens is 3. The third-order valence-electron chi connectivity index (χ3n) is 2.53. The quantitative estimate of drug-likeness (QED) is 0.864. The molecule has 0 saturated carbocycles. The van der Waals surface area contributed by atoms with Gasteiger partial charge in [-0.25, -0.2) is 4.37 Å². The van der Waals surface area contributed by atoms with Gasteiger partial charge in [0.25, 0.3) is 0 Å². The monoisotopic (exact) mass is 251 g/mol. The second kappa shape index (κ2) is 4.68. The van der Waals surface area contributed by atoms with Crippen molar-refractivity contribution in [2.24, 2.45) is 0 Å². The standard InChI is InChI=1S/C9H12F3N3S/c10-9(11,12)7-5-14-16-8(7)6-15-3-1-13-2-4-15/h5,13H,1-4,6H2. The highest BCUT2D eigenvalue weighted by molar-refractivity contribution is 7.05. The maximum Gasteiger partial charge on any atom is 0.419 e. The van der Waals surface area contributed by atoms with Crippen molar-refractivity contribution in [3.05, 3.63) is 16.6 Å². The Morgan fingerprint density at radius 2 is 2.06 bits per heavy atom. The van der Waals surface area contributed by atoms with Gasteiger partial charge in [-0.3, -0.25) is 4.90 Å². The Kier molecular flexibility index (Phi) is 3.46. The lowest BCUT2D eigenvalue weighted by molar-refractivity contribution is -0.138. The topological polar surface area (TPSA) is 28.2 Å². The molecular formula is C9H12F3N3S. The molecule has 90 valence electrons. The highest BCUT2D eigenvalue weighted by Gasteiger charge is 2.35. The van der Waals surface area contributed by atoms with E-state index in [0.717, 1.165) is 43.9 Å². The molecule has 1 aromatic heterocycles. The molecule has 7 heteroatoms. The molecule has 0 atom stereocenters. The van der Waals surface area contributed by atoms with Crippen LogP contribution in [0.3, 0.4) is 0 Å². The summed E-state index contributed by atoms with van der Waals surface area (Å²) < 4.78 is 41.3. The van der Waals surface area contributed by atoms with Gasteiger partial charge in [0, 0.05) is 32.7 Å². The molecule has 3 nitrogen and oxygen atoms in total. The van der Waals surface area contributed by atoms with Crippen molar-refractivity contribution in [3.63, 3.8) is 0 Å². The zero-order valence-electron chi connectivity index (χ0n) is 8.55. The van der Waals surface area contributed by atoms with Crippen molar-refractivity contribution in [1.29, 1.82) is 0 Å². The molecule has 2 heterocycles. The number of nitrogens with zero attached hydrogens (tertiary/aromatic N) is 2. The molecule has 0 unspecified atom stereocenters. The van der Waals surface area contributed by atoms with Crippen LogP contribution in [-0.2, 0) is 12.7 Å². The fourth-order valence-corrected chi connectivity index (χ4v) is 2.47. The average Bonchev–Trinajstić information content (AvgIpc) is 2.67. The predicted octanol–water partition coefficient (Wildman–Crippen LogP) is 1.57. The lowest BCUT2D eigenvalue weighted by atomic mass is 10.2. The van der Waals surface area contributed by atoms with Crippen LogP contribution in [-0.4, -0.2) is 35.5 Å². The maximum absolute atomic E-state index is 12.6. The van der Waals surface area contributed by atoms with Gasteiger partial charge in [0.1, 0.15) is 0 Å². The van der Waals surface area contributed by atoms with Crippen molar-refractivity contribution < 1.29 is 13.2 Å². The Hall–Kier alpha value is -0.660. The molecule has 0 spiro atoms. The first-order chi connectivity index (χ1) is 7.57. The van der Waals surface area contributed by atoms with E-state index in [1.807, 2.05) is 4.90 Å². The number of alkyl halides is 3. The van der Waals surface area contributed by atoms with E-state index in [1.165, 1.54) is 0 Å². The van der Waals surface area contributed by atoms with E-state index in [2.05, 4.69) is 9.69 Å². The van der Waals surface area contributed by atoms with Gasteiger partial charge in [-0.1, -0.05) is 0 Å². The van der Waals surface area contributed by atoms with Crippen LogP contribution >= 0.6 is 11.5 Å². The summed E-state index contributed by atoms with van der Waals surface area (Å²) in [5.41, 5.74) is -0.587. The average molecular weight is 251 g/mol. The van der Waals surface area contributed by atoms with Crippen LogP contribution in [0, 0.1) is 0 Å². The number of aromatic nitrogens is 1. The van der Waals surface area contributed by atoms with Crippen molar-refractivity contribution in [3.8, 4) is 0 Å². The summed E-state index contributed by atoms with van der Waals surface area (Å²) in [6, 6.07) is 0. The highest BCUT2D eigenvalue weighted by atomic mass is 32.1.